The van der Waals surface area contributed by atoms with Gasteiger partial charge >= 0.3 is 0 Å². The van der Waals surface area contributed by atoms with Crippen molar-refractivity contribution in [2.75, 3.05) is 11.9 Å². The van der Waals surface area contributed by atoms with Crippen LogP contribution in [0.25, 0.3) is 0 Å². The van der Waals surface area contributed by atoms with Gasteiger partial charge in [-0.25, -0.2) is 0 Å². The third kappa shape index (κ3) is 5.41. The largest absolute Gasteiger partial charge is 0.351 e. The summed E-state index contributed by atoms with van der Waals surface area (Å²) >= 11 is 0. The quantitative estimate of drug-likeness (QED) is 0.749. The first kappa shape index (κ1) is 18.6. The molecule has 132 valence electrons. The third-order valence-corrected chi connectivity index (χ3v) is 3.91. The summed E-state index contributed by atoms with van der Waals surface area (Å²) in [5, 5.41) is 5.64. The van der Waals surface area contributed by atoms with Crippen LogP contribution in [0.15, 0.2) is 42.6 Å². The van der Waals surface area contributed by atoms with E-state index in [0.29, 0.717) is 18.0 Å². The first-order valence-corrected chi connectivity index (χ1v) is 8.66. The van der Waals surface area contributed by atoms with Gasteiger partial charge in [0.15, 0.2) is 0 Å². The highest BCUT2D eigenvalue weighted by Gasteiger charge is 2.12. The van der Waals surface area contributed by atoms with Gasteiger partial charge in [0.05, 0.1) is 0 Å². The molecular formula is C20H25N3O2. The van der Waals surface area contributed by atoms with Crippen molar-refractivity contribution in [2.45, 2.75) is 39.5 Å². The van der Waals surface area contributed by atoms with Gasteiger partial charge in [-0.1, -0.05) is 39.3 Å². The van der Waals surface area contributed by atoms with E-state index in [-0.39, 0.29) is 17.5 Å². The fourth-order valence-corrected chi connectivity index (χ4v) is 2.32. The van der Waals surface area contributed by atoms with E-state index < -0.39 is 0 Å². The van der Waals surface area contributed by atoms with Crippen LogP contribution in [0.1, 0.15) is 65.9 Å². The number of carbonyl (C=O) groups excluding carboxylic acids is 2. The number of unbranched alkanes of at least 4 members (excludes halogenated alkanes) is 1. The van der Waals surface area contributed by atoms with Crippen LogP contribution >= 0.6 is 0 Å². The van der Waals surface area contributed by atoms with Crippen molar-refractivity contribution in [3.05, 3.63) is 59.4 Å². The molecule has 0 aliphatic carbocycles. The Kier molecular flexibility index (Phi) is 6.69. The summed E-state index contributed by atoms with van der Waals surface area (Å²) in [5.41, 5.74) is 2.59. The minimum absolute atomic E-state index is 0.249. The van der Waals surface area contributed by atoms with Gasteiger partial charge in [0.2, 0.25) is 0 Å². The van der Waals surface area contributed by atoms with Crippen molar-refractivity contribution < 1.29 is 9.59 Å². The molecule has 1 aromatic heterocycles. The molecule has 25 heavy (non-hydrogen) atoms. The Bertz CT molecular complexity index is 724. The molecule has 0 atom stereocenters. The molecule has 0 saturated carbocycles. The number of hydrogen-bond donors (Lipinski definition) is 2. The van der Waals surface area contributed by atoms with Gasteiger partial charge in [-0.05, 0) is 42.2 Å². The van der Waals surface area contributed by atoms with Crippen molar-refractivity contribution in [1.82, 2.24) is 10.3 Å². The van der Waals surface area contributed by atoms with E-state index in [9.17, 15) is 9.59 Å². The van der Waals surface area contributed by atoms with Crippen LogP contribution in [-0.2, 0) is 0 Å². The van der Waals surface area contributed by atoms with Gasteiger partial charge < -0.3 is 10.6 Å². The Hall–Kier alpha value is -2.69. The molecule has 0 unspecified atom stereocenters. The van der Waals surface area contributed by atoms with Crippen molar-refractivity contribution in [3.63, 3.8) is 0 Å². The second kappa shape index (κ2) is 8.97. The Morgan fingerprint density at radius 1 is 1.08 bits per heavy atom. The molecule has 2 rings (SSSR count). The number of hydrogen-bond acceptors (Lipinski definition) is 3. The topological polar surface area (TPSA) is 71.1 Å². The second-order valence-electron chi connectivity index (χ2n) is 6.27. The van der Waals surface area contributed by atoms with Crippen LogP contribution in [0.4, 0.5) is 5.69 Å². The van der Waals surface area contributed by atoms with Crippen LogP contribution in [0, 0.1) is 0 Å². The van der Waals surface area contributed by atoms with Gasteiger partial charge in [0.25, 0.3) is 11.8 Å². The zero-order valence-electron chi connectivity index (χ0n) is 15.0. The summed E-state index contributed by atoms with van der Waals surface area (Å²) in [5.74, 6) is -0.0783. The highest BCUT2D eigenvalue weighted by atomic mass is 16.2. The molecule has 1 aromatic carbocycles. The summed E-state index contributed by atoms with van der Waals surface area (Å²) < 4.78 is 0. The minimum Gasteiger partial charge on any atom is -0.351 e. The predicted octanol–water partition coefficient (Wildman–Crippen LogP) is 3.99. The molecule has 0 aliphatic rings. The van der Waals surface area contributed by atoms with Crippen molar-refractivity contribution >= 4 is 17.5 Å². The monoisotopic (exact) mass is 339 g/mol. The lowest BCUT2D eigenvalue weighted by Crippen LogP contribution is -2.25. The van der Waals surface area contributed by atoms with E-state index in [0.717, 1.165) is 18.5 Å². The highest BCUT2D eigenvalue weighted by molar-refractivity contribution is 6.05. The lowest BCUT2D eigenvalue weighted by atomic mass is 10.0. The smallest absolute Gasteiger partial charge is 0.269 e. The third-order valence-electron chi connectivity index (χ3n) is 3.91. The molecule has 0 saturated heterocycles. The molecule has 0 bridgehead atoms. The van der Waals surface area contributed by atoms with Crippen LogP contribution in [-0.4, -0.2) is 23.3 Å². The van der Waals surface area contributed by atoms with E-state index in [1.54, 1.807) is 6.07 Å². The SMILES string of the molecule is CCCCNC(=O)c1cc(C(=O)Nc2ccc(C(C)C)cc2)ccn1. The molecule has 2 amide bonds. The lowest BCUT2D eigenvalue weighted by molar-refractivity contribution is 0.0948. The number of nitrogens with zero attached hydrogens (tertiary/aromatic N) is 1. The van der Waals surface area contributed by atoms with Crippen molar-refractivity contribution in [1.29, 1.82) is 0 Å². The zero-order valence-corrected chi connectivity index (χ0v) is 15.0. The summed E-state index contributed by atoms with van der Waals surface area (Å²) in [6, 6.07) is 10.9. The molecular weight excluding hydrogens is 314 g/mol. The zero-order chi connectivity index (χ0) is 18.2. The van der Waals surface area contributed by atoms with Crippen LogP contribution in [0.2, 0.25) is 0 Å². The second-order valence-corrected chi connectivity index (χ2v) is 6.27. The molecule has 0 spiro atoms. The fraction of sp³-hybridized carbons (Fsp3) is 0.350. The maximum Gasteiger partial charge on any atom is 0.269 e. The number of nitrogens with one attached hydrogen (secondary N) is 2. The fourth-order valence-electron chi connectivity index (χ4n) is 2.32. The molecule has 5 nitrogen and oxygen atoms in total. The first-order valence-electron chi connectivity index (χ1n) is 8.66. The molecule has 1 heterocycles. The molecule has 2 aromatic rings. The Labute approximate surface area is 148 Å². The lowest BCUT2D eigenvalue weighted by Gasteiger charge is -2.09. The number of aromatic nitrogens is 1. The average molecular weight is 339 g/mol. The number of amides is 2. The Morgan fingerprint density at radius 2 is 1.80 bits per heavy atom. The van der Waals surface area contributed by atoms with Gasteiger partial charge in [-0.15, -0.1) is 0 Å². The van der Waals surface area contributed by atoms with E-state index in [4.69, 9.17) is 0 Å². The Balaban J connectivity index is 2.04. The van der Waals surface area contributed by atoms with Gasteiger partial charge in [-0.2, -0.15) is 0 Å². The minimum atomic E-state index is -0.262. The molecule has 2 N–H and O–H groups in total. The first-order chi connectivity index (χ1) is 12.0. The van der Waals surface area contributed by atoms with Gasteiger partial charge in [0.1, 0.15) is 5.69 Å². The van der Waals surface area contributed by atoms with E-state index in [1.165, 1.54) is 17.8 Å². The number of carbonyl (C=O) groups is 2. The standard InChI is InChI=1S/C20H25N3O2/c1-4-5-11-22-20(25)18-13-16(10-12-21-18)19(24)23-17-8-6-15(7-9-17)14(2)3/h6-10,12-14H,4-5,11H2,1-3H3,(H,22,25)(H,23,24). The number of benzene rings is 1. The van der Waals surface area contributed by atoms with Gasteiger partial charge in [-0.3, -0.25) is 14.6 Å². The summed E-state index contributed by atoms with van der Waals surface area (Å²) in [7, 11) is 0. The summed E-state index contributed by atoms with van der Waals surface area (Å²) in [4.78, 5) is 28.5. The van der Waals surface area contributed by atoms with Crippen molar-refractivity contribution in [2.24, 2.45) is 0 Å². The average Bonchev–Trinajstić information content (AvgIpc) is 2.62. The maximum atomic E-state index is 12.4. The normalized spacial score (nSPS) is 10.6. The van der Waals surface area contributed by atoms with Crippen LogP contribution in [0.3, 0.4) is 0 Å². The molecule has 0 radical (unpaired) electrons. The molecule has 0 aliphatic heterocycles. The number of pyridine rings is 1. The number of rotatable bonds is 7. The van der Waals surface area contributed by atoms with E-state index in [1.807, 2.05) is 24.3 Å². The molecule has 0 fully saturated rings. The highest BCUT2D eigenvalue weighted by Crippen LogP contribution is 2.17. The van der Waals surface area contributed by atoms with E-state index in [2.05, 4.69) is 36.4 Å². The predicted molar refractivity (Wildman–Crippen MR) is 100.0 cm³/mol. The van der Waals surface area contributed by atoms with Crippen molar-refractivity contribution in [3.8, 4) is 0 Å². The van der Waals surface area contributed by atoms with Crippen LogP contribution < -0.4 is 10.6 Å². The molecule has 5 heteroatoms. The summed E-state index contributed by atoms with van der Waals surface area (Å²) in [6.07, 6.45) is 3.40. The Morgan fingerprint density at radius 3 is 2.44 bits per heavy atom. The number of anilines is 1. The van der Waals surface area contributed by atoms with Gasteiger partial charge in [0, 0.05) is 24.0 Å². The van der Waals surface area contributed by atoms with E-state index >= 15 is 0 Å². The van der Waals surface area contributed by atoms with Crippen LogP contribution in [0.5, 0.6) is 0 Å². The maximum absolute atomic E-state index is 12.4. The summed E-state index contributed by atoms with van der Waals surface area (Å²) in [6.45, 7) is 6.91.